The van der Waals surface area contributed by atoms with Gasteiger partial charge in [0.25, 0.3) is 0 Å². The second-order valence-electron chi connectivity index (χ2n) is 8.39. The number of nitrogen functional groups attached to an aromatic ring is 1. The average Bonchev–Trinajstić information content (AvgIpc) is 3.63. The normalized spacial score (nSPS) is 21.4. The van der Waals surface area contributed by atoms with Crippen LogP contribution in [-0.2, 0) is 4.74 Å². The van der Waals surface area contributed by atoms with Crippen LogP contribution in [0.25, 0.3) is 0 Å². The largest absolute Gasteiger partial charge is 0.488 e. The van der Waals surface area contributed by atoms with Crippen LogP contribution in [0, 0.1) is 5.41 Å². The lowest BCUT2D eigenvalue weighted by Crippen LogP contribution is -2.44. The molecule has 2 aliphatic carbocycles. The van der Waals surface area contributed by atoms with E-state index in [1.54, 1.807) is 6.07 Å². The Morgan fingerprint density at radius 1 is 1.21 bits per heavy atom. The number of anilines is 2. The first-order valence-electron chi connectivity index (χ1n) is 9.84. The third-order valence-corrected chi connectivity index (χ3v) is 5.90. The first-order valence-corrected chi connectivity index (χ1v) is 9.84. The highest BCUT2D eigenvalue weighted by Crippen LogP contribution is 2.43. The van der Waals surface area contributed by atoms with Crippen LogP contribution < -0.4 is 15.4 Å². The molecular weight excluding hydrogens is 354 g/mol. The molecule has 1 saturated heterocycles. The maximum absolute atomic E-state index is 8.69. The van der Waals surface area contributed by atoms with Crippen LogP contribution in [0.2, 0.25) is 0 Å². The molecule has 7 heteroatoms. The number of hydrogen-bond donors (Lipinski definition) is 2. The number of nitrogens with two attached hydrogens (primary N) is 1. The van der Waals surface area contributed by atoms with Crippen molar-refractivity contribution in [3.8, 4) is 5.75 Å². The van der Waals surface area contributed by atoms with Gasteiger partial charge in [-0.05, 0) is 50.8 Å². The van der Waals surface area contributed by atoms with E-state index in [1.807, 2.05) is 18.2 Å². The molecule has 28 heavy (non-hydrogen) atoms. The molecule has 2 heterocycles. The van der Waals surface area contributed by atoms with Crippen LogP contribution in [0.5, 0.6) is 5.75 Å². The summed E-state index contributed by atoms with van der Waals surface area (Å²) in [5.41, 5.74) is 8.12. The highest BCUT2D eigenvalue weighted by molar-refractivity contribution is 6.13. The van der Waals surface area contributed by atoms with E-state index in [4.69, 9.17) is 20.6 Å². The van der Waals surface area contributed by atoms with Gasteiger partial charge in [-0.15, -0.1) is 0 Å². The van der Waals surface area contributed by atoms with E-state index in [9.17, 15) is 0 Å². The van der Waals surface area contributed by atoms with Crippen LogP contribution in [0.4, 0.5) is 11.5 Å². The number of ether oxygens (including phenoxy) is 2. The summed E-state index contributed by atoms with van der Waals surface area (Å²) in [7, 11) is 0. The lowest BCUT2D eigenvalue weighted by Gasteiger charge is -2.34. The zero-order valence-corrected chi connectivity index (χ0v) is 16.1. The van der Waals surface area contributed by atoms with Gasteiger partial charge in [0.05, 0.1) is 23.6 Å². The van der Waals surface area contributed by atoms with E-state index in [0.717, 1.165) is 50.3 Å². The van der Waals surface area contributed by atoms with E-state index in [-0.39, 0.29) is 16.9 Å². The molecule has 5 rings (SSSR count). The molecular formula is C21H25N5O2. The van der Waals surface area contributed by atoms with Crippen LogP contribution >= 0.6 is 0 Å². The van der Waals surface area contributed by atoms with E-state index >= 15 is 0 Å². The van der Waals surface area contributed by atoms with Gasteiger partial charge >= 0.3 is 0 Å². The molecule has 146 valence electrons. The Morgan fingerprint density at radius 3 is 2.79 bits per heavy atom. The Hall–Kier alpha value is -2.67. The summed E-state index contributed by atoms with van der Waals surface area (Å²) >= 11 is 0. The number of hydrogen-bond acceptors (Lipinski definition) is 7. The fourth-order valence-electron chi connectivity index (χ4n) is 3.65. The number of nitrogens with zero attached hydrogens (tertiary/aromatic N) is 3. The van der Waals surface area contributed by atoms with Crippen LogP contribution in [0.1, 0.15) is 43.9 Å². The monoisotopic (exact) mass is 379 g/mol. The van der Waals surface area contributed by atoms with Crippen molar-refractivity contribution < 1.29 is 9.47 Å². The maximum Gasteiger partial charge on any atom is 0.132 e. The quantitative estimate of drug-likeness (QED) is 0.612. The van der Waals surface area contributed by atoms with Crippen molar-refractivity contribution in [2.75, 3.05) is 30.3 Å². The number of nitrogens with one attached hydrogen (secondary N) is 1. The van der Waals surface area contributed by atoms with Crippen LogP contribution in [0.15, 0.2) is 30.6 Å². The molecule has 3 N–H and O–H groups in total. The minimum absolute atomic E-state index is 0.0197. The Labute approximate surface area is 164 Å². The third kappa shape index (κ3) is 3.30. The van der Waals surface area contributed by atoms with E-state index in [2.05, 4.69) is 21.8 Å². The van der Waals surface area contributed by atoms with Crippen molar-refractivity contribution in [1.29, 1.82) is 5.41 Å². The first kappa shape index (κ1) is 17.4. The number of aromatic nitrogens is 2. The zero-order valence-electron chi connectivity index (χ0n) is 16.1. The molecule has 7 nitrogen and oxygen atoms in total. The predicted octanol–water partition coefficient (Wildman–Crippen LogP) is 2.78. The van der Waals surface area contributed by atoms with E-state index in [1.165, 1.54) is 6.33 Å². The SMILES string of the molecule is CC1(Oc2ccc(N)c(C(=N)c3cc(N4CCOC5(CC5)C4)ncn3)c2)CC1. The van der Waals surface area contributed by atoms with Crippen molar-refractivity contribution in [2.24, 2.45) is 0 Å². The molecule has 3 aliphatic rings. The molecule has 0 atom stereocenters. The van der Waals surface area contributed by atoms with Gasteiger partial charge in [-0.2, -0.15) is 0 Å². The molecule has 2 aromatic rings. The van der Waals surface area contributed by atoms with Gasteiger partial charge in [0, 0.05) is 30.4 Å². The predicted molar refractivity (Wildman–Crippen MR) is 107 cm³/mol. The second-order valence-corrected chi connectivity index (χ2v) is 8.39. The molecule has 1 aliphatic heterocycles. The summed E-state index contributed by atoms with van der Waals surface area (Å²) in [5, 5.41) is 8.69. The summed E-state index contributed by atoms with van der Waals surface area (Å²) in [6, 6.07) is 7.38. The standard InChI is InChI=1S/C21H25N5O2/c1-20(4-5-20)28-14-2-3-16(22)15(10-14)19(23)17-11-18(25-13-24-17)26-8-9-27-21(12-26)6-7-21/h2-3,10-11,13,23H,4-9,12,22H2,1H3. The fourth-order valence-corrected chi connectivity index (χ4v) is 3.65. The lowest BCUT2D eigenvalue weighted by atomic mass is 10.0. The zero-order chi connectivity index (χ0) is 19.4. The Morgan fingerprint density at radius 2 is 2.04 bits per heavy atom. The van der Waals surface area contributed by atoms with Crippen molar-refractivity contribution in [1.82, 2.24) is 9.97 Å². The average molecular weight is 379 g/mol. The summed E-state index contributed by atoms with van der Waals surface area (Å²) in [5.74, 6) is 1.58. The molecule has 0 unspecified atom stereocenters. The van der Waals surface area contributed by atoms with E-state index < -0.39 is 0 Å². The Bertz CT molecular complexity index is 936. The number of rotatable bonds is 5. The number of benzene rings is 1. The highest BCUT2D eigenvalue weighted by Gasteiger charge is 2.47. The molecule has 2 saturated carbocycles. The van der Waals surface area contributed by atoms with Crippen molar-refractivity contribution >= 4 is 17.2 Å². The van der Waals surface area contributed by atoms with Crippen molar-refractivity contribution in [2.45, 2.75) is 43.8 Å². The molecule has 1 aromatic carbocycles. The Kier molecular flexibility index (Phi) is 3.84. The molecule has 1 spiro atoms. The molecule has 0 bridgehead atoms. The molecule has 0 amide bonds. The van der Waals surface area contributed by atoms with Gasteiger partial charge in [-0.1, -0.05) is 0 Å². The van der Waals surface area contributed by atoms with Gasteiger partial charge in [0.1, 0.15) is 23.5 Å². The smallest absolute Gasteiger partial charge is 0.132 e. The van der Waals surface area contributed by atoms with Gasteiger partial charge in [0.15, 0.2) is 0 Å². The summed E-state index contributed by atoms with van der Waals surface area (Å²) in [6.45, 7) is 4.46. The van der Waals surface area contributed by atoms with Gasteiger partial charge in [0.2, 0.25) is 0 Å². The fraction of sp³-hybridized carbons (Fsp3) is 0.476. The van der Waals surface area contributed by atoms with Crippen molar-refractivity contribution in [3.05, 3.63) is 41.9 Å². The summed E-state index contributed by atoms with van der Waals surface area (Å²) in [4.78, 5) is 11.0. The van der Waals surface area contributed by atoms with Crippen LogP contribution in [0.3, 0.4) is 0 Å². The number of morpholine rings is 1. The highest BCUT2D eigenvalue weighted by atomic mass is 16.5. The maximum atomic E-state index is 8.69. The van der Waals surface area contributed by atoms with Gasteiger partial charge in [-0.25, -0.2) is 9.97 Å². The molecule has 1 aromatic heterocycles. The molecule has 0 radical (unpaired) electrons. The minimum atomic E-state index is -0.0766. The first-order chi connectivity index (χ1) is 13.5. The van der Waals surface area contributed by atoms with Gasteiger partial charge < -0.3 is 20.1 Å². The Balaban J connectivity index is 1.40. The second kappa shape index (κ2) is 6.17. The lowest BCUT2D eigenvalue weighted by molar-refractivity contribution is 0.0203. The van der Waals surface area contributed by atoms with Crippen LogP contribution in [-0.4, -0.2) is 46.6 Å². The minimum Gasteiger partial charge on any atom is -0.488 e. The van der Waals surface area contributed by atoms with Crippen molar-refractivity contribution in [3.63, 3.8) is 0 Å². The third-order valence-electron chi connectivity index (χ3n) is 5.90. The summed E-state index contributed by atoms with van der Waals surface area (Å²) in [6.07, 6.45) is 5.86. The van der Waals surface area contributed by atoms with E-state index in [0.29, 0.717) is 23.6 Å². The molecule has 3 fully saturated rings. The topological polar surface area (TPSA) is 97.4 Å². The van der Waals surface area contributed by atoms with Gasteiger partial charge in [-0.3, -0.25) is 5.41 Å². The summed E-state index contributed by atoms with van der Waals surface area (Å²) < 4.78 is 11.9.